The van der Waals surface area contributed by atoms with E-state index in [1.54, 1.807) is 0 Å². The Hall–Kier alpha value is -2.51. The Balaban J connectivity index is 2.17. The third-order valence-electron chi connectivity index (χ3n) is 2.36. The normalized spacial score (nSPS) is 14.2. The van der Waals surface area contributed by atoms with E-state index in [4.69, 9.17) is 0 Å². The molecule has 0 atom stereocenters. The van der Waals surface area contributed by atoms with Crippen LogP contribution in [0.4, 0.5) is 18.4 Å². The number of benzene rings is 1. The summed E-state index contributed by atoms with van der Waals surface area (Å²) in [5, 5.41) is 0. The van der Waals surface area contributed by atoms with Crippen molar-refractivity contribution in [3.05, 3.63) is 29.3 Å². The molecule has 1 aromatic rings. The van der Waals surface area contributed by atoms with E-state index >= 15 is 0 Å². The Bertz CT molecular complexity index is 537. The number of hydrogen-bond donors (Lipinski definition) is 0. The number of imide groups is 1. The van der Waals surface area contributed by atoms with Crippen LogP contribution >= 0.6 is 0 Å². The molecule has 0 aromatic heterocycles. The minimum atomic E-state index is -1.17. The van der Waals surface area contributed by atoms with Gasteiger partial charge in [-0.25, -0.2) is 23.3 Å². The van der Waals surface area contributed by atoms with Gasteiger partial charge in [-0.2, -0.15) is 0 Å². The monoisotopic (exact) mass is 271 g/mol. The highest BCUT2D eigenvalue weighted by atomic mass is 19.1. The number of aldehydes is 1. The quantitative estimate of drug-likeness (QED) is 0.766. The topological polar surface area (TPSA) is 72.9 Å². The SMILES string of the molecule is O=Cc1c(F)cc(OC(=O)N2CCOC2=O)cc1F. The summed E-state index contributed by atoms with van der Waals surface area (Å²) in [6.07, 6.45) is -2.00. The second kappa shape index (κ2) is 5.01. The number of halogens is 2. The molecule has 2 amide bonds. The van der Waals surface area contributed by atoms with Crippen LogP contribution in [0.5, 0.6) is 5.75 Å². The van der Waals surface area contributed by atoms with Crippen LogP contribution < -0.4 is 4.74 Å². The molecule has 1 heterocycles. The summed E-state index contributed by atoms with van der Waals surface area (Å²) in [7, 11) is 0. The summed E-state index contributed by atoms with van der Waals surface area (Å²) in [5.74, 6) is -2.78. The maximum absolute atomic E-state index is 13.2. The van der Waals surface area contributed by atoms with E-state index in [9.17, 15) is 23.2 Å². The molecule has 0 N–H and O–H groups in total. The van der Waals surface area contributed by atoms with Crippen LogP contribution in [0.1, 0.15) is 10.4 Å². The van der Waals surface area contributed by atoms with Crippen molar-refractivity contribution in [2.75, 3.05) is 13.2 Å². The van der Waals surface area contributed by atoms with E-state index in [0.717, 1.165) is 0 Å². The van der Waals surface area contributed by atoms with E-state index in [1.165, 1.54) is 0 Å². The predicted octanol–water partition coefficient (Wildman–Crippen LogP) is 1.73. The van der Waals surface area contributed by atoms with Crippen LogP contribution in [0, 0.1) is 11.6 Å². The number of carbonyl (C=O) groups is 3. The first-order valence-corrected chi connectivity index (χ1v) is 5.13. The van der Waals surface area contributed by atoms with Crippen molar-refractivity contribution in [3.63, 3.8) is 0 Å². The second-order valence-corrected chi connectivity index (χ2v) is 3.55. The summed E-state index contributed by atoms with van der Waals surface area (Å²) in [4.78, 5) is 33.6. The maximum atomic E-state index is 13.2. The number of nitrogens with zero attached hydrogens (tertiary/aromatic N) is 1. The third kappa shape index (κ3) is 2.51. The fourth-order valence-corrected chi connectivity index (χ4v) is 1.45. The molecule has 0 saturated carbocycles. The number of rotatable bonds is 2. The summed E-state index contributed by atoms with van der Waals surface area (Å²) in [6.45, 7) is 0.0236. The molecule has 1 saturated heterocycles. The van der Waals surface area contributed by atoms with E-state index in [2.05, 4.69) is 9.47 Å². The molecule has 19 heavy (non-hydrogen) atoms. The van der Waals surface area contributed by atoms with Crippen LogP contribution in [-0.4, -0.2) is 36.5 Å². The van der Waals surface area contributed by atoms with Crippen LogP contribution in [0.3, 0.4) is 0 Å². The van der Waals surface area contributed by atoms with Gasteiger partial charge in [0, 0.05) is 12.1 Å². The molecule has 8 heteroatoms. The Labute approximate surface area is 105 Å². The lowest BCUT2D eigenvalue weighted by molar-refractivity contribution is 0.111. The van der Waals surface area contributed by atoms with Gasteiger partial charge in [-0.05, 0) is 0 Å². The fourth-order valence-electron chi connectivity index (χ4n) is 1.45. The number of hydrogen-bond acceptors (Lipinski definition) is 5. The first-order chi connectivity index (χ1) is 9.02. The Morgan fingerprint density at radius 2 is 2.00 bits per heavy atom. The van der Waals surface area contributed by atoms with Crippen LogP contribution in [0.2, 0.25) is 0 Å². The van der Waals surface area contributed by atoms with E-state index in [1.807, 2.05) is 0 Å². The molecular formula is C11H7F2NO5. The standard InChI is InChI=1S/C11H7F2NO5/c12-8-3-6(4-9(13)7(8)5-15)19-11(17)14-1-2-18-10(14)16/h3-5H,1-2H2. The van der Waals surface area contributed by atoms with Crippen LogP contribution in [0.15, 0.2) is 12.1 Å². The second-order valence-electron chi connectivity index (χ2n) is 3.55. The Morgan fingerprint density at radius 1 is 1.37 bits per heavy atom. The van der Waals surface area contributed by atoms with Crippen molar-refractivity contribution in [2.24, 2.45) is 0 Å². The lowest BCUT2D eigenvalue weighted by Crippen LogP contribution is -2.34. The number of ether oxygens (including phenoxy) is 2. The molecule has 1 aliphatic heterocycles. The van der Waals surface area contributed by atoms with Gasteiger partial charge in [-0.15, -0.1) is 0 Å². The van der Waals surface area contributed by atoms with Gasteiger partial charge in [0.25, 0.3) is 0 Å². The van der Waals surface area contributed by atoms with E-state index < -0.39 is 35.1 Å². The van der Waals surface area contributed by atoms with Crippen molar-refractivity contribution < 1.29 is 32.6 Å². The molecular weight excluding hydrogens is 264 g/mol. The Kier molecular flexibility index (Phi) is 3.41. The molecule has 1 aromatic carbocycles. The highest BCUT2D eigenvalue weighted by Crippen LogP contribution is 2.20. The molecule has 0 spiro atoms. The summed E-state index contributed by atoms with van der Waals surface area (Å²) < 4.78 is 35.6. The average molecular weight is 271 g/mol. The molecule has 100 valence electrons. The zero-order chi connectivity index (χ0) is 14.0. The van der Waals surface area contributed by atoms with E-state index in [-0.39, 0.29) is 19.4 Å². The molecule has 0 bridgehead atoms. The maximum Gasteiger partial charge on any atom is 0.424 e. The van der Waals surface area contributed by atoms with Crippen molar-refractivity contribution in [2.45, 2.75) is 0 Å². The van der Waals surface area contributed by atoms with Crippen molar-refractivity contribution in [1.82, 2.24) is 4.90 Å². The molecule has 1 fully saturated rings. The van der Waals surface area contributed by atoms with Gasteiger partial charge in [-0.3, -0.25) is 4.79 Å². The van der Waals surface area contributed by atoms with Gasteiger partial charge in [0.1, 0.15) is 24.0 Å². The van der Waals surface area contributed by atoms with Gasteiger partial charge in [0.05, 0.1) is 12.1 Å². The smallest absolute Gasteiger partial charge is 0.424 e. The largest absolute Gasteiger partial charge is 0.447 e. The first kappa shape index (κ1) is 12.9. The van der Waals surface area contributed by atoms with Crippen molar-refractivity contribution >= 4 is 18.5 Å². The number of carbonyl (C=O) groups excluding carboxylic acids is 3. The Morgan fingerprint density at radius 3 is 2.47 bits per heavy atom. The first-order valence-electron chi connectivity index (χ1n) is 5.13. The van der Waals surface area contributed by atoms with Crippen molar-refractivity contribution in [1.29, 1.82) is 0 Å². The fraction of sp³-hybridized carbons (Fsp3) is 0.182. The summed E-state index contributed by atoms with van der Waals surface area (Å²) >= 11 is 0. The van der Waals surface area contributed by atoms with Gasteiger partial charge in [0.15, 0.2) is 6.29 Å². The molecule has 0 unspecified atom stereocenters. The van der Waals surface area contributed by atoms with Gasteiger partial charge in [0.2, 0.25) is 0 Å². The van der Waals surface area contributed by atoms with E-state index in [0.29, 0.717) is 17.0 Å². The average Bonchev–Trinajstić information content (AvgIpc) is 2.75. The van der Waals surface area contributed by atoms with Gasteiger partial charge in [-0.1, -0.05) is 0 Å². The lowest BCUT2D eigenvalue weighted by atomic mass is 10.2. The third-order valence-corrected chi connectivity index (χ3v) is 2.36. The summed E-state index contributed by atoms with van der Waals surface area (Å²) in [5.41, 5.74) is -0.764. The highest BCUT2D eigenvalue weighted by Gasteiger charge is 2.30. The molecule has 0 radical (unpaired) electrons. The van der Waals surface area contributed by atoms with Crippen LogP contribution in [0.25, 0.3) is 0 Å². The molecule has 0 aliphatic carbocycles. The number of amides is 2. The minimum absolute atomic E-state index is 0.00491. The van der Waals surface area contributed by atoms with Gasteiger partial charge >= 0.3 is 12.2 Å². The molecule has 2 rings (SSSR count). The highest BCUT2D eigenvalue weighted by molar-refractivity contribution is 5.90. The zero-order valence-electron chi connectivity index (χ0n) is 9.39. The zero-order valence-corrected chi connectivity index (χ0v) is 9.39. The van der Waals surface area contributed by atoms with Crippen LogP contribution in [-0.2, 0) is 4.74 Å². The minimum Gasteiger partial charge on any atom is -0.447 e. The number of cyclic esters (lactones) is 1. The molecule has 6 nitrogen and oxygen atoms in total. The van der Waals surface area contributed by atoms with Gasteiger partial charge < -0.3 is 9.47 Å². The molecule has 1 aliphatic rings. The van der Waals surface area contributed by atoms with Crippen molar-refractivity contribution in [3.8, 4) is 5.75 Å². The lowest BCUT2D eigenvalue weighted by Gasteiger charge is -2.11. The summed E-state index contributed by atoms with van der Waals surface area (Å²) in [6, 6.07) is 1.35. The predicted molar refractivity (Wildman–Crippen MR) is 55.8 cm³/mol.